The number of nitrogens with one attached hydrogen (secondary N) is 1. The van der Waals surface area contributed by atoms with E-state index in [2.05, 4.69) is 75.8 Å². The van der Waals surface area contributed by atoms with E-state index in [1.165, 1.54) is 17.5 Å². The Morgan fingerprint density at radius 3 is 2.60 bits per heavy atom. The molecule has 2 heterocycles. The van der Waals surface area contributed by atoms with Crippen LogP contribution in [0.5, 0.6) is 0 Å². The van der Waals surface area contributed by atoms with E-state index in [0.717, 1.165) is 11.3 Å². The van der Waals surface area contributed by atoms with Crippen molar-refractivity contribution in [3.05, 3.63) is 71.5 Å². The van der Waals surface area contributed by atoms with Crippen LogP contribution in [0, 0.1) is 13.8 Å². The molecule has 2 aromatic heterocycles. The molecule has 0 aliphatic heterocycles. The largest absolute Gasteiger partial charge is 0.338 e. The average molecular weight is 330 g/mol. The molecular formula is C19H18N6. The van der Waals surface area contributed by atoms with Gasteiger partial charge in [-0.3, -0.25) is 0 Å². The summed E-state index contributed by atoms with van der Waals surface area (Å²) in [5, 5.41) is 11.8. The highest BCUT2D eigenvalue weighted by atomic mass is 15.4. The summed E-state index contributed by atoms with van der Waals surface area (Å²) in [6.07, 6.45) is 1.54. The van der Waals surface area contributed by atoms with E-state index in [4.69, 9.17) is 0 Å². The Morgan fingerprint density at radius 2 is 1.80 bits per heavy atom. The Morgan fingerprint density at radius 1 is 0.960 bits per heavy atom. The molecule has 1 N–H and O–H groups in total. The smallest absolute Gasteiger partial charge is 0.184 e. The summed E-state index contributed by atoms with van der Waals surface area (Å²) in [7, 11) is 0. The lowest BCUT2D eigenvalue weighted by Gasteiger charge is -2.06. The second kappa shape index (κ2) is 6.32. The molecule has 0 atom stereocenters. The van der Waals surface area contributed by atoms with E-state index in [9.17, 15) is 0 Å². The van der Waals surface area contributed by atoms with E-state index in [-0.39, 0.29) is 0 Å². The summed E-state index contributed by atoms with van der Waals surface area (Å²) in [4.78, 5) is 8.69. The fourth-order valence-electron chi connectivity index (χ4n) is 2.72. The SMILES string of the molecule is Cc1ccc(Cn2nnc3c(Nc4cccc(C)c4)ncnc32)cc1. The van der Waals surface area contributed by atoms with Crippen LogP contribution in [0.25, 0.3) is 11.2 Å². The average Bonchev–Trinajstić information content (AvgIpc) is 3.01. The third-order valence-corrected chi connectivity index (χ3v) is 4.03. The number of rotatable bonds is 4. The van der Waals surface area contributed by atoms with Gasteiger partial charge < -0.3 is 5.32 Å². The van der Waals surface area contributed by atoms with Crippen molar-refractivity contribution < 1.29 is 0 Å². The zero-order valence-corrected chi connectivity index (χ0v) is 14.1. The van der Waals surface area contributed by atoms with Crippen LogP contribution in [0.3, 0.4) is 0 Å². The van der Waals surface area contributed by atoms with Gasteiger partial charge in [0.05, 0.1) is 6.54 Å². The molecule has 0 unspecified atom stereocenters. The van der Waals surface area contributed by atoms with Gasteiger partial charge in [-0.1, -0.05) is 47.2 Å². The normalized spacial score (nSPS) is 11.0. The molecule has 25 heavy (non-hydrogen) atoms. The van der Waals surface area contributed by atoms with E-state index in [1.54, 1.807) is 4.68 Å². The Kier molecular flexibility index (Phi) is 3.85. The Hall–Kier alpha value is -3.28. The van der Waals surface area contributed by atoms with Gasteiger partial charge in [-0.2, -0.15) is 0 Å². The highest BCUT2D eigenvalue weighted by Crippen LogP contribution is 2.22. The predicted octanol–water partition coefficient (Wildman–Crippen LogP) is 3.63. The van der Waals surface area contributed by atoms with Crippen LogP contribution in [0.1, 0.15) is 16.7 Å². The Balaban J connectivity index is 1.66. The van der Waals surface area contributed by atoms with Crippen molar-refractivity contribution in [2.45, 2.75) is 20.4 Å². The van der Waals surface area contributed by atoms with Crippen LogP contribution in [0.4, 0.5) is 11.5 Å². The Labute approximate surface area is 145 Å². The number of anilines is 2. The number of aryl methyl sites for hydroxylation is 2. The first kappa shape index (κ1) is 15.3. The van der Waals surface area contributed by atoms with Crippen LogP contribution < -0.4 is 5.32 Å². The molecule has 0 fully saturated rings. The van der Waals surface area contributed by atoms with Gasteiger partial charge >= 0.3 is 0 Å². The van der Waals surface area contributed by atoms with Gasteiger partial charge in [0, 0.05) is 5.69 Å². The molecular weight excluding hydrogens is 312 g/mol. The number of hydrogen-bond acceptors (Lipinski definition) is 5. The lowest BCUT2D eigenvalue weighted by atomic mass is 10.1. The van der Waals surface area contributed by atoms with Gasteiger partial charge in [0.15, 0.2) is 17.0 Å². The van der Waals surface area contributed by atoms with Gasteiger partial charge in [0.25, 0.3) is 0 Å². The van der Waals surface area contributed by atoms with Crippen molar-refractivity contribution in [2.75, 3.05) is 5.32 Å². The molecule has 4 aromatic rings. The quantitative estimate of drug-likeness (QED) is 0.619. The van der Waals surface area contributed by atoms with Crippen LogP contribution >= 0.6 is 0 Å². The summed E-state index contributed by atoms with van der Waals surface area (Å²) in [6, 6.07) is 16.5. The maximum atomic E-state index is 4.36. The molecule has 0 saturated carbocycles. The molecule has 124 valence electrons. The number of aromatic nitrogens is 5. The van der Waals surface area contributed by atoms with Crippen molar-refractivity contribution in [3.63, 3.8) is 0 Å². The fraction of sp³-hybridized carbons (Fsp3) is 0.158. The molecule has 4 rings (SSSR count). The van der Waals surface area contributed by atoms with Gasteiger partial charge in [0.1, 0.15) is 6.33 Å². The van der Waals surface area contributed by atoms with Gasteiger partial charge in [-0.25, -0.2) is 14.6 Å². The molecule has 6 nitrogen and oxygen atoms in total. The fourth-order valence-corrected chi connectivity index (χ4v) is 2.72. The monoisotopic (exact) mass is 330 g/mol. The van der Waals surface area contributed by atoms with E-state index in [1.807, 2.05) is 12.1 Å². The van der Waals surface area contributed by atoms with E-state index in [0.29, 0.717) is 23.5 Å². The van der Waals surface area contributed by atoms with Crippen molar-refractivity contribution in [3.8, 4) is 0 Å². The van der Waals surface area contributed by atoms with Crippen LogP contribution in [0.15, 0.2) is 54.9 Å². The highest BCUT2D eigenvalue weighted by molar-refractivity contribution is 5.84. The van der Waals surface area contributed by atoms with Crippen molar-refractivity contribution in [1.82, 2.24) is 25.0 Å². The first-order chi connectivity index (χ1) is 12.2. The maximum Gasteiger partial charge on any atom is 0.184 e. The molecule has 0 aliphatic carbocycles. The van der Waals surface area contributed by atoms with Crippen LogP contribution in [-0.2, 0) is 6.54 Å². The lowest BCUT2D eigenvalue weighted by Crippen LogP contribution is -2.03. The van der Waals surface area contributed by atoms with Gasteiger partial charge in [-0.15, -0.1) is 5.10 Å². The minimum Gasteiger partial charge on any atom is -0.338 e. The first-order valence-corrected chi connectivity index (χ1v) is 8.12. The summed E-state index contributed by atoms with van der Waals surface area (Å²) in [5.74, 6) is 0.658. The third-order valence-electron chi connectivity index (χ3n) is 4.03. The minimum atomic E-state index is 0.623. The maximum absolute atomic E-state index is 4.36. The summed E-state index contributed by atoms with van der Waals surface area (Å²) in [6.45, 7) is 4.75. The summed E-state index contributed by atoms with van der Waals surface area (Å²) < 4.78 is 1.79. The molecule has 6 heteroatoms. The number of hydrogen-bond donors (Lipinski definition) is 1. The zero-order chi connectivity index (χ0) is 17.2. The standard InChI is InChI=1S/C19H18N6/c1-13-6-8-15(9-7-13)11-25-19-17(23-24-25)18(20-12-21-19)22-16-5-3-4-14(2)10-16/h3-10,12H,11H2,1-2H3,(H,20,21,22). The molecule has 0 spiro atoms. The highest BCUT2D eigenvalue weighted by Gasteiger charge is 2.12. The molecule has 2 aromatic carbocycles. The van der Waals surface area contributed by atoms with Crippen molar-refractivity contribution >= 4 is 22.7 Å². The second-order valence-electron chi connectivity index (χ2n) is 6.12. The summed E-state index contributed by atoms with van der Waals surface area (Å²) >= 11 is 0. The second-order valence-corrected chi connectivity index (χ2v) is 6.12. The molecule has 0 bridgehead atoms. The van der Waals surface area contributed by atoms with Crippen LogP contribution in [0.2, 0.25) is 0 Å². The molecule has 0 radical (unpaired) electrons. The van der Waals surface area contributed by atoms with Crippen molar-refractivity contribution in [1.29, 1.82) is 0 Å². The van der Waals surface area contributed by atoms with Crippen molar-refractivity contribution in [2.24, 2.45) is 0 Å². The van der Waals surface area contributed by atoms with E-state index >= 15 is 0 Å². The summed E-state index contributed by atoms with van der Waals surface area (Å²) in [5.41, 5.74) is 5.91. The third kappa shape index (κ3) is 3.19. The van der Waals surface area contributed by atoms with Gasteiger partial charge in [-0.05, 0) is 37.1 Å². The molecule has 0 amide bonds. The molecule has 0 saturated heterocycles. The number of fused-ring (bicyclic) bond motifs is 1. The zero-order valence-electron chi connectivity index (χ0n) is 14.1. The van der Waals surface area contributed by atoms with Crippen LogP contribution in [-0.4, -0.2) is 25.0 Å². The topological polar surface area (TPSA) is 68.5 Å². The number of benzene rings is 2. The predicted molar refractivity (Wildman–Crippen MR) is 97.9 cm³/mol. The van der Waals surface area contributed by atoms with E-state index < -0.39 is 0 Å². The lowest BCUT2D eigenvalue weighted by molar-refractivity contribution is 0.664. The first-order valence-electron chi connectivity index (χ1n) is 8.12. The minimum absolute atomic E-state index is 0.623. The van der Waals surface area contributed by atoms with Gasteiger partial charge in [0.2, 0.25) is 0 Å². The molecule has 0 aliphatic rings. The Bertz CT molecular complexity index is 1020. The number of nitrogens with zero attached hydrogens (tertiary/aromatic N) is 5.